The lowest BCUT2D eigenvalue weighted by atomic mass is 10.2. The number of hydrogen-bond acceptors (Lipinski definition) is 5. The maximum atomic E-state index is 12.3. The Morgan fingerprint density at radius 2 is 1.96 bits per heavy atom. The molecule has 0 aliphatic heterocycles. The number of carbonyl (C=O) groups is 2. The van der Waals surface area contributed by atoms with Crippen LogP contribution in [0.15, 0.2) is 34.9 Å². The van der Waals surface area contributed by atoms with E-state index in [1.165, 1.54) is 0 Å². The molecule has 2 amide bonds. The fourth-order valence-electron chi connectivity index (χ4n) is 2.50. The van der Waals surface area contributed by atoms with E-state index in [4.69, 9.17) is 9.26 Å². The minimum atomic E-state index is -0.346. The highest BCUT2D eigenvalue weighted by molar-refractivity contribution is 6.03. The van der Waals surface area contributed by atoms with E-state index in [0.29, 0.717) is 36.0 Å². The quantitative estimate of drug-likeness (QED) is 0.849. The number of aromatic nitrogens is 1. The van der Waals surface area contributed by atoms with E-state index in [0.717, 1.165) is 0 Å². The molecule has 3 rings (SSSR count). The van der Waals surface area contributed by atoms with Gasteiger partial charge in [-0.15, -0.1) is 0 Å². The van der Waals surface area contributed by atoms with Crippen molar-refractivity contribution < 1.29 is 18.8 Å². The summed E-state index contributed by atoms with van der Waals surface area (Å²) in [5, 5.41) is 9.20. The van der Waals surface area contributed by atoms with E-state index in [1.54, 1.807) is 25.1 Å². The van der Waals surface area contributed by atoms with E-state index in [1.807, 2.05) is 19.1 Å². The molecule has 1 fully saturated rings. The minimum absolute atomic E-state index is 0.182. The van der Waals surface area contributed by atoms with Crippen molar-refractivity contribution in [2.75, 3.05) is 17.2 Å². The van der Waals surface area contributed by atoms with Gasteiger partial charge in [0.1, 0.15) is 11.5 Å². The predicted molar refractivity (Wildman–Crippen MR) is 87.7 cm³/mol. The van der Waals surface area contributed by atoms with Crippen molar-refractivity contribution in [1.82, 2.24) is 5.16 Å². The summed E-state index contributed by atoms with van der Waals surface area (Å²) in [6, 6.07) is 8.87. The second-order valence-corrected chi connectivity index (χ2v) is 5.68. The van der Waals surface area contributed by atoms with E-state index < -0.39 is 0 Å². The molecular formula is C17H19N3O4. The lowest BCUT2D eigenvalue weighted by molar-refractivity contribution is -0.122. The van der Waals surface area contributed by atoms with Gasteiger partial charge in [0.25, 0.3) is 0 Å². The third-order valence-electron chi connectivity index (χ3n) is 3.79. The number of ether oxygens (including phenoxy) is 1. The highest BCUT2D eigenvalue weighted by Gasteiger charge is 2.48. The molecule has 7 heteroatoms. The summed E-state index contributed by atoms with van der Waals surface area (Å²) < 4.78 is 10.4. The SMILES string of the molecule is CCOc1ccccc1NC(=O)C1CC1C(=O)Nc1cc(C)on1. The van der Waals surface area contributed by atoms with Crippen molar-refractivity contribution in [2.24, 2.45) is 11.8 Å². The predicted octanol–water partition coefficient (Wildman–Crippen LogP) is 2.60. The summed E-state index contributed by atoms with van der Waals surface area (Å²) in [6.07, 6.45) is 0.519. The van der Waals surface area contributed by atoms with Crippen LogP contribution in [-0.4, -0.2) is 23.6 Å². The Balaban J connectivity index is 1.57. The molecule has 24 heavy (non-hydrogen) atoms. The number of aryl methyl sites for hydroxylation is 1. The monoisotopic (exact) mass is 329 g/mol. The van der Waals surface area contributed by atoms with Gasteiger partial charge in [0.15, 0.2) is 5.82 Å². The van der Waals surface area contributed by atoms with Gasteiger partial charge in [-0.25, -0.2) is 0 Å². The maximum Gasteiger partial charge on any atom is 0.229 e. The molecule has 0 bridgehead atoms. The molecule has 0 saturated heterocycles. The van der Waals surface area contributed by atoms with Crippen LogP contribution in [0.4, 0.5) is 11.5 Å². The number of para-hydroxylation sites is 2. The third-order valence-corrected chi connectivity index (χ3v) is 3.79. The Hall–Kier alpha value is -2.83. The zero-order valence-electron chi connectivity index (χ0n) is 13.5. The number of amides is 2. The molecule has 1 aromatic heterocycles. The number of nitrogens with one attached hydrogen (secondary N) is 2. The van der Waals surface area contributed by atoms with Gasteiger partial charge in [0.2, 0.25) is 11.8 Å². The number of anilines is 2. The Morgan fingerprint density at radius 1 is 1.25 bits per heavy atom. The van der Waals surface area contributed by atoms with E-state index in [9.17, 15) is 9.59 Å². The molecule has 1 aliphatic rings. The number of nitrogens with zero attached hydrogens (tertiary/aromatic N) is 1. The fraction of sp³-hybridized carbons (Fsp3) is 0.353. The number of hydrogen-bond donors (Lipinski definition) is 2. The topological polar surface area (TPSA) is 93.5 Å². The van der Waals surface area contributed by atoms with Crippen molar-refractivity contribution in [3.63, 3.8) is 0 Å². The molecule has 7 nitrogen and oxygen atoms in total. The normalized spacial score (nSPS) is 18.8. The van der Waals surface area contributed by atoms with Gasteiger partial charge in [0.05, 0.1) is 24.1 Å². The van der Waals surface area contributed by atoms with Gasteiger partial charge in [-0.05, 0) is 32.4 Å². The van der Waals surface area contributed by atoms with Crippen molar-refractivity contribution in [3.8, 4) is 5.75 Å². The van der Waals surface area contributed by atoms with Gasteiger partial charge < -0.3 is 19.9 Å². The summed E-state index contributed by atoms with van der Waals surface area (Å²) in [7, 11) is 0. The van der Waals surface area contributed by atoms with Crippen LogP contribution < -0.4 is 15.4 Å². The van der Waals surface area contributed by atoms with Crippen LogP contribution in [0.3, 0.4) is 0 Å². The first-order chi connectivity index (χ1) is 11.6. The average molecular weight is 329 g/mol. The second kappa shape index (κ2) is 6.74. The summed E-state index contributed by atoms with van der Waals surface area (Å²) in [4.78, 5) is 24.4. The molecule has 2 atom stereocenters. The zero-order chi connectivity index (χ0) is 17.1. The van der Waals surface area contributed by atoms with E-state index in [-0.39, 0.29) is 23.7 Å². The Bertz CT molecular complexity index is 756. The van der Waals surface area contributed by atoms with Crippen molar-refractivity contribution in [1.29, 1.82) is 0 Å². The highest BCUT2D eigenvalue weighted by atomic mass is 16.5. The lowest BCUT2D eigenvalue weighted by Crippen LogP contribution is -2.21. The Kier molecular flexibility index (Phi) is 4.50. The summed E-state index contributed by atoms with van der Waals surface area (Å²) in [5.74, 6) is 0.510. The summed E-state index contributed by atoms with van der Waals surface area (Å²) in [5.41, 5.74) is 0.613. The molecule has 1 heterocycles. The molecule has 126 valence electrons. The Labute approximate surface area is 139 Å². The standard InChI is InChI=1S/C17H19N3O4/c1-3-23-14-7-5-4-6-13(14)18-16(21)11-9-12(11)17(22)19-15-8-10(2)24-20-15/h4-8,11-12H,3,9H2,1-2H3,(H,18,21)(H,19,20,22). The van der Waals surface area contributed by atoms with E-state index >= 15 is 0 Å². The molecule has 0 spiro atoms. The van der Waals surface area contributed by atoms with Gasteiger partial charge in [-0.3, -0.25) is 9.59 Å². The van der Waals surface area contributed by atoms with Gasteiger partial charge in [-0.1, -0.05) is 17.3 Å². The first-order valence-electron chi connectivity index (χ1n) is 7.85. The number of rotatable bonds is 6. The molecule has 1 aliphatic carbocycles. The molecule has 1 aromatic carbocycles. The van der Waals surface area contributed by atoms with E-state index in [2.05, 4.69) is 15.8 Å². The molecule has 2 unspecified atom stereocenters. The smallest absolute Gasteiger partial charge is 0.229 e. The van der Waals surface area contributed by atoms with Crippen LogP contribution in [0.5, 0.6) is 5.75 Å². The zero-order valence-corrected chi connectivity index (χ0v) is 13.5. The van der Waals surface area contributed by atoms with Crippen LogP contribution in [-0.2, 0) is 9.59 Å². The first-order valence-corrected chi connectivity index (χ1v) is 7.85. The minimum Gasteiger partial charge on any atom is -0.492 e. The van der Waals surface area contributed by atoms with Crippen LogP contribution in [0, 0.1) is 18.8 Å². The number of carbonyl (C=O) groups excluding carboxylic acids is 2. The van der Waals surface area contributed by atoms with Crippen LogP contribution in [0.1, 0.15) is 19.1 Å². The third kappa shape index (κ3) is 3.56. The average Bonchev–Trinajstić information content (AvgIpc) is 3.27. The summed E-state index contributed by atoms with van der Waals surface area (Å²) in [6.45, 7) is 4.13. The van der Waals surface area contributed by atoms with Crippen LogP contribution >= 0.6 is 0 Å². The lowest BCUT2D eigenvalue weighted by Gasteiger charge is -2.11. The van der Waals surface area contributed by atoms with Crippen LogP contribution in [0.2, 0.25) is 0 Å². The number of benzene rings is 1. The van der Waals surface area contributed by atoms with Crippen molar-refractivity contribution in [2.45, 2.75) is 20.3 Å². The molecule has 2 N–H and O–H groups in total. The fourth-order valence-corrected chi connectivity index (χ4v) is 2.50. The summed E-state index contributed by atoms with van der Waals surface area (Å²) >= 11 is 0. The molecule has 2 aromatic rings. The first kappa shape index (κ1) is 16.0. The van der Waals surface area contributed by atoms with Crippen molar-refractivity contribution in [3.05, 3.63) is 36.1 Å². The van der Waals surface area contributed by atoms with Crippen molar-refractivity contribution >= 4 is 23.3 Å². The highest BCUT2D eigenvalue weighted by Crippen LogP contribution is 2.40. The molecule has 0 radical (unpaired) electrons. The van der Waals surface area contributed by atoms with Gasteiger partial charge in [-0.2, -0.15) is 0 Å². The maximum absolute atomic E-state index is 12.3. The Morgan fingerprint density at radius 3 is 2.62 bits per heavy atom. The molecular weight excluding hydrogens is 310 g/mol. The van der Waals surface area contributed by atoms with Crippen LogP contribution in [0.25, 0.3) is 0 Å². The molecule has 1 saturated carbocycles. The van der Waals surface area contributed by atoms with Gasteiger partial charge >= 0.3 is 0 Å². The largest absolute Gasteiger partial charge is 0.492 e. The second-order valence-electron chi connectivity index (χ2n) is 5.68. The van der Waals surface area contributed by atoms with Gasteiger partial charge in [0, 0.05) is 6.07 Å².